The number of alkyl halides is 6. The highest BCUT2D eigenvalue weighted by atomic mass is 19.4. The van der Waals surface area contributed by atoms with E-state index in [0.717, 1.165) is 4.90 Å². The molecular formula is C11H15F6N5. The zero-order chi connectivity index (χ0) is 16.6. The van der Waals surface area contributed by atoms with E-state index in [-0.39, 0.29) is 18.9 Å². The molecule has 2 rings (SSSR count). The molecule has 11 heteroatoms. The molecule has 126 valence electrons. The maximum atomic E-state index is 13.0. The highest BCUT2D eigenvalue weighted by Gasteiger charge is 2.72. The minimum Gasteiger partial charge on any atom is -0.295 e. The summed E-state index contributed by atoms with van der Waals surface area (Å²) in [4.78, 5) is 1.10. The lowest BCUT2D eigenvalue weighted by Crippen LogP contribution is -2.51. The van der Waals surface area contributed by atoms with E-state index >= 15 is 0 Å². The van der Waals surface area contributed by atoms with Crippen LogP contribution in [0.15, 0.2) is 0 Å². The second-order valence-electron chi connectivity index (χ2n) is 5.36. The van der Waals surface area contributed by atoms with Crippen molar-refractivity contribution in [3.63, 3.8) is 0 Å². The average molecular weight is 331 g/mol. The molecule has 0 bridgehead atoms. The molecular weight excluding hydrogens is 316 g/mol. The van der Waals surface area contributed by atoms with E-state index in [9.17, 15) is 26.3 Å². The van der Waals surface area contributed by atoms with Crippen molar-refractivity contribution < 1.29 is 26.3 Å². The summed E-state index contributed by atoms with van der Waals surface area (Å²) in [5, 5.41) is 10.7. The lowest BCUT2D eigenvalue weighted by molar-refractivity contribution is -0.335. The molecule has 22 heavy (non-hydrogen) atoms. The number of halogens is 6. The van der Waals surface area contributed by atoms with Crippen LogP contribution in [0.4, 0.5) is 26.3 Å². The molecule has 1 aromatic heterocycles. The molecule has 0 unspecified atom stereocenters. The predicted molar refractivity (Wildman–Crippen MR) is 62.5 cm³/mol. The van der Waals surface area contributed by atoms with Crippen molar-refractivity contribution in [2.45, 2.75) is 45.2 Å². The number of hydrogen-bond donors (Lipinski definition) is 0. The topological polar surface area (TPSA) is 46.8 Å². The maximum Gasteiger partial charge on any atom is 0.404 e. The number of rotatable bonds is 4. The zero-order valence-corrected chi connectivity index (χ0v) is 11.7. The number of tetrazole rings is 1. The Labute approximate surface area is 122 Å². The molecule has 0 aromatic carbocycles. The first-order valence-corrected chi connectivity index (χ1v) is 6.71. The Balaban J connectivity index is 2.15. The molecule has 0 aliphatic carbocycles. The van der Waals surface area contributed by atoms with Crippen LogP contribution in [0.3, 0.4) is 0 Å². The fraction of sp³-hybridized carbons (Fsp3) is 0.909. The Morgan fingerprint density at radius 3 is 2.27 bits per heavy atom. The van der Waals surface area contributed by atoms with Gasteiger partial charge in [-0.25, -0.2) is 4.68 Å². The summed E-state index contributed by atoms with van der Waals surface area (Å²) < 4.78 is 79.2. The molecule has 1 fully saturated rings. The van der Waals surface area contributed by atoms with Crippen molar-refractivity contribution in [2.24, 2.45) is 5.41 Å². The van der Waals surface area contributed by atoms with Gasteiger partial charge in [0.25, 0.3) is 0 Å². The van der Waals surface area contributed by atoms with Gasteiger partial charge in [0.15, 0.2) is 11.2 Å². The quantitative estimate of drug-likeness (QED) is 0.795. The summed E-state index contributed by atoms with van der Waals surface area (Å²) in [7, 11) is 0. The van der Waals surface area contributed by atoms with Gasteiger partial charge in [-0.1, -0.05) is 6.92 Å². The molecule has 1 saturated heterocycles. The third-order valence-corrected chi connectivity index (χ3v) is 3.84. The number of aryl methyl sites for hydroxylation is 1. The van der Waals surface area contributed by atoms with Gasteiger partial charge in [0.05, 0.1) is 6.54 Å². The van der Waals surface area contributed by atoms with Crippen molar-refractivity contribution in [1.29, 1.82) is 0 Å². The van der Waals surface area contributed by atoms with E-state index in [1.165, 1.54) is 4.68 Å². The summed E-state index contributed by atoms with van der Waals surface area (Å²) in [6, 6.07) is 0. The first kappa shape index (κ1) is 17.0. The van der Waals surface area contributed by atoms with Gasteiger partial charge in [-0.05, 0) is 29.8 Å². The monoisotopic (exact) mass is 331 g/mol. The van der Waals surface area contributed by atoms with E-state index in [2.05, 4.69) is 15.5 Å². The van der Waals surface area contributed by atoms with Crippen LogP contribution in [0.5, 0.6) is 0 Å². The lowest BCUT2D eigenvalue weighted by Gasteiger charge is -2.33. The van der Waals surface area contributed by atoms with Gasteiger partial charge < -0.3 is 0 Å². The number of nitrogens with zero attached hydrogens (tertiary/aromatic N) is 5. The van der Waals surface area contributed by atoms with Crippen LogP contribution in [0.25, 0.3) is 0 Å². The van der Waals surface area contributed by atoms with Crippen molar-refractivity contribution >= 4 is 0 Å². The van der Waals surface area contributed by atoms with Crippen molar-refractivity contribution in [2.75, 3.05) is 13.1 Å². The van der Waals surface area contributed by atoms with Crippen LogP contribution in [0.2, 0.25) is 0 Å². The van der Waals surface area contributed by atoms with Crippen LogP contribution < -0.4 is 0 Å². The molecule has 5 nitrogen and oxygen atoms in total. The van der Waals surface area contributed by atoms with Crippen molar-refractivity contribution in [3.8, 4) is 0 Å². The van der Waals surface area contributed by atoms with Crippen LogP contribution in [0, 0.1) is 5.41 Å². The molecule has 0 saturated carbocycles. The SMILES string of the molecule is CCCn1nnnc1CN1CCC(C(F)(F)F)(C(F)(F)F)C1. The third kappa shape index (κ3) is 2.90. The van der Waals surface area contributed by atoms with Crippen LogP contribution in [-0.2, 0) is 13.1 Å². The van der Waals surface area contributed by atoms with Gasteiger partial charge >= 0.3 is 12.4 Å². The molecule has 0 radical (unpaired) electrons. The Bertz CT molecular complexity index is 494. The average Bonchev–Trinajstić information content (AvgIpc) is 2.97. The maximum absolute atomic E-state index is 13.0. The van der Waals surface area contributed by atoms with Crippen LogP contribution in [-0.4, -0.2) is 50.5 Å². The molecule has 0 atom stereocenters. The molecule has 2 heterocycles. The van der Waals surface area contributed by atoms with Gasteiger partial charge in [0.2, 0.25) is 0 Å². The fourth-order valence-corrected chi connectivity index (χ4v) is 2.57. The standard InChI is InChI=1S/C11H15F6N5/c1-2-4-22-8(18-19-20-22)6-21-5-3-9(7-21,10(12,13)14)11(15,16)17/h2-7H2,1H3. The number of aromatic nitrogens is 4. The third-order valence-electron chi connectivity index (χ3n) is 3.84. The minimum absolute atomic E-state index is 0.138. The molecule has 0 N–H and O–H groups in total. The molecule has 1 aromatic rings. The highest BCUT2D eigenvalue weighted by Crippen LogP contribution is 2.55. The molecule has 1 aliphatic rings. The van der Waals surface area contributed by atoms with Crippen molar-refractivity contribution in [1.82, 2.24) is 25.1 Å². The first-order valence-electron chi connectivity index (χ1n) is 6.71. The van der Waals surface area contributed by atoms with Gasteiger partial charge in [-0.15, -0.1) is 5.10 Å². The van der Waals surface area contributed by atoms with Gasteiger partial charge in [-0.3, -0.25) is 4.90 Å². The largest absolute Gasteiger partial charge is 0.404 e. The number of likely N-dealkylation sites (tertiary alicyclic amines) is 1. The second kappa shape index (κ2) is 5.67. The second-order valence-corrected chi connectivity index (χ2v) is 5.36. The Morgan fingerprint density at radius 2 is 1.77 bits per heavy atom. The Hall–Kier alpha value is -1.39. The molecule has 0 amide bonds. The van der Waals surface area contributed by atoms with Gasteiger partial charge in [0.1, 0.15) is 0 Å². The van der Waals surface area contributed by atoms with E-state index in [1.807, 2.05) is 6.92 Å². The van der Waals surface area contributed by atoms with Crippen LogP contribution in [0.1, 0.15) is 25.6 Å². The lowest BCUT2D eigenvalue weighted by atomic mass is 9.85. The van der Waals surface area contributed by atoms with E-state index in [1.54, 1.807) is 0 Å². The van der Waals surface area contributed by atoms with E-state index in [4.69, 9.17) is 0 Å². The smallest absolute Gasteiger partial charge is 0.295 e. The van der Waals surface area contributed by atoms with Gasteiger partial charge in [-0.2, -0.15) is 26.3 Å². The highest BCUT2D eigenvalue weighted by molar-refractivity contribution is 5.01. The summed E-state index contributed by atoms with van der Waals surface area (Å²) in [6.07, 6.45) is -11.0. The van der Waals surface area contributed by atoms with E-state index < -0.39 is 30.7 Å². The molecule has 1 aliphatic heterocycles. The van der Waals surface area contributed by atoms with Crippen LogP contribution >= 0.6 is 0 Å². The molecule has 0 spiro atoms. The first-order chi connectivity index (χ1) is 10.1. The normalized spacial score (nSPS) is 19.8. The summed E-state index contributed by atoms with van der Waals surface area (Å²) in [5.74, 6) is 0.266. The predicted octanol–water partition coefficient (Wildman–Crippen LogP) is 2.40. The zero-order valence-electron chi connectivity index (χ0n) is 11.7. The Kier molecular flexibility index (Phi) is 4.37. The van der Waals surface area contributed by atoms with E-state index in [0.29, 0.717) is 13.0 Å². The minimum atomic E-state index is -5.34. The van der Waals surface area contributed by atoms with Crippen molar-refractivity contribution in [3.05, 3.63) is 5.82 Å². The summed E-state index contributed by atoms with van der Waals surface area (Å²) in [6.45, 7) is 0.747. The number of hydrogen-bond acceptors (Lipinski definition) is 4. The van der Waals surface area contributed by atoms with Gasteiger partial charge in [0, 0.05) is 13.1 Å². The summed E-state index contributed by atoms with van der Waals surface area (Å²) >= 11 is 0. The fourth-order valence-electron chi connectivity index (χ4n) is 2.57. The summed E-state index contributed by atoms with van der Waals surface area (Å²) in [5.41, 5.74) is -3.68. The Morgan fingerprint density at radius 1 is 1.14 bits per heavy atom.